The highest BCUT2D eigenvalue weighted by Crippen LogP contribution is 2.26. The van der Waals surface area contributed by atoms with Crippen LogP contribution in [0.4, 0.5) is 11.4 Å². The van der Waals surface area contributed by atoms with Crippen molar-refractivity contribution in [3.8, 4) is 0 Å². The number of carbonyl (C=O) groups excluding carboxylic acids is 1. The van der Waals surface area contributed by atoms with E-state index in [2.05, 4.69) is 30.9 Å². The summed E-state index contributed by atoms with van der Waals surface area (Å²) in [6, 6.07) is 12.1. The highest BCUT2D eigenvalue weighted by Gasteiger charge is 2.28. The number of benzene rings is 2. The number of ether oxygens (including phenoxy) is 1. The molecule has 1 aliphatic heterocycles. The van der Waals surface area contributed by atoms with Crippen molar-refractivity contribution in [1.82, 2.24) is 4.72 Å². The Bertz CT molecular complexity index is 1000. The second-order valence-electron chi connectivity index (χ2n) is 7.14. The fraction of sp³-hybridized carbons (Fsp3) is 0.350. The molecule has 2 N–H and O–H groups in total. The van der Waals surface area contributed by atoms with Gasteiger partial charge in [0.2, 0.25) is 10.0 Å². The number of carbonyl (C=O) groups is 1. The van der Waals surface area contributed by atoms with Crippen molar-refractivity contribution in [2.75, 3.05) is 36.5 Å². The topological polar surface area (TPSA) is 87.7 Å². The maximum atomic E-state index is 12.8. The Labute approximate surface area is 178 Å². The average Bonchev–Trinajstić information content (AvgIpc) is 3.52. The summed E-state index contributed by atoms with van der Waals surface area (Å²) in [6.07, 6.45) is 1.70. The number of rotatable bonds is 6. The summed E-state index contributed by atoms with van der Waals surface area (Å²) in [5, 5.41) is 2.83. The molecule has 0 spiro atoms. The van der Waals surface area contributed by atoms with E-state index < -0.39 is 10.0 Å². The number of hydrogen-bond donors (Lipinski definition) is 2. The van der Waals surface area contributed by atoms with Crippen LogP contribution in [0.3, 0.4) is 0 Å². The summed E-state index contributed by atoms with van der Waals surface area (Å²) in [7, 11) is -3.63. The van der Waals surface area contributed by atoms with E-state index in [1.54, 1.807) is 6.07 Å². The zero-order chi connectivity index (χ0) is 20.4. The Morgan fingerprint density at radius 3 is 2.41 bits per heavy atom. The van der Waals surface area contributed by atoms with E-state index in [-0.39, 0.29) is 22.4 Å². The minimum absolute atomic E-state index is 0.00547. The van der Waals surface area contributed by atoms with Gasteiger partial charge in [0, 0.05) is 35.0 Å². The fourth-order valence-electron chi connectivity index (χ4n) is 3.11. The van der Waals surface area contributed by atoms with Gasteiger partial charge in [-0.05, 0) is 71.2 Å². The van der Waals surface area contributed by atoms with Crippen molar-refractivity contribution < 1.29 is 17.9 Å². The van der Waals surface area contributed by atoms with Gasteiger partial charge in [0.25, 0.3) is 5.91 Å². The lowest BCUT2D eigenvalue weighted by Gasteiger charge is -2.28. The van der Waals surface area contributed by atoms with Crippen LogP contribution >= 0.6 is 15.9 Å². The van der Waals surface area contributed by atoms with Crippen LogP contribution in [-0.4, -0.2) is 46.7 Å². The van der Waals surface area contributed by atoms with E-state index in [1.165, 1.54) is 12.1 Å². The lowest BCUT2D eigenvalue weighted by molar-refractivity contribution is 0.102. The molecule has 0 bridgehead atoms. The van der Waals surface area contributed by atoms with Crippen molar-refractivity contribution in [3.05, 3.63) is 52.5 Å². The van der Waals surface area contributed by atoms with Crippen molar-refractivity contribution >= 4 is 43.2 Å². The number of hydrogen-bond acceptors (Lipinski definition) is 5. The summed E-state index contributed by atoms with van der Waals surface area (Å²) in [5.74, 6) is -0.375. The molecular formula is C20H22BrN3O4S. The van der Waals surface area contributed by atoms with E-state index >= 15 is 0 Å². The van der Waals surface area contributed by atoms with Crippen molar-refractivity contribution in [3.63, 3.8) is 0 Å². The molecule has 2 aromatic carbocycles. The third-order valence-electron chi connectivity index (χ3n) is 4.89. The quantitative estimate of drug-likeness (QED) is 0.664. The molecule has 1 heterocycles. The first kappa shape index (κ1) is 20.3. The molecule has 1 saturated heterocycles. The van der Waals surface area contributed by atoms with Gasteiger partial charge in [-0.25, -0.2) is 13.1 Å². The minimum atomic E-state index is -3.63. The molecule has 154 valence electrons. The molecule has 7 nitrogen and oxygen atoms in total. The number of nitrogens with one attached hydrogen (secondary N) is 2. The Balaban J connectivity index is 1.48. The maximum Gasteiger partial charge on any atom is 0.256 e. The van der Waals surface area contributed by atoms with Crippen LogP contribution in [0.1, 0.15) is 23.2 Å². The van der Waals surface area contributed by atoms with Crippen LogP contribution in [0, 0.1) is 0 Å². The highest BCUT2D eigenvalue weighted by atomic mass is 79.9. The minimum Gasteiger partial charge on any atom is -0.378 e. The Kier molecular flexibility index (Phi) is 5.91. The molecule has 0 unspecified atom stereocenters. The molecule has 1 aliphatic carbocycles. The van der Waals surface area contributed by atoms with E-state index in [4.69, 9.17) is 4.74 Å². The Morgan fingerprint density at radius 2 is 1.76 bits per heavy atom. The molecule has 0 radical (unpaired) electrons. The smallest absolute Gasteiger partial charge is 0.256 e. The zero-order valence-electron chi connectivity index (χ0n) is 15.7. The van der Waals surface area contributed by atoms with E-state index in [0.29, 0.717) is 23.4 Å². The van der Waals surface area contributed by atoms with Crippen molar-refractivity contribution in [1.29, 1.82) is 0 Å². The predicted molar refractivity (Wildman–Crippen MR) is 115 cm³/mol. The summed E-state index contributed by atoms with van der Waals surface area (Å²) in [6.45, 7) is 3.10. The average molecular weight is 480 g/mol. The van der Waals surface area contributed by atoms with Crippen LogP contribution in [-0.2, 0) is 14.8 Å². The van der Waals surface area contributed by atoms with Crippen LogP contribution in [0.5, 0.6) is 0 Å². The van der Waals surface area contributed by atoms with Gasteiger partial charge in [0.1, 0.15) is 0 Å². The molecule has 9 heteroatoms. The third-order valence-corrected chi connectivity index (χ3v) is 7.10. The number of amides is 1. The number of morpholine rings is 1. The monoisotopic (exact) mass is 479 g/mol. The zero-order valence-corrected chi connectivity index (χ0v) is 18.1. The number of halogens is 1. The third kappa shape index (κ3) is 4.98. The van der Waals surface area contributed by atoms with Gasteiger partial charge in [-0.2, -0.15) is 0 Å². The first-order chi connectivity index (χ1) is 13.9. The predicted octanol–water partition coefficient (Wildman–Crippen LogP) is 2.98. The Morgan fingerprint density at radius 1 is 1.07 bits per heavy atom. The van der Waals surface area contributed by atoms with Gasteiger partial charge < -0.3 is 15.0 Å². The second kappa shape index (κ2) is 8.43. The van der Waals surface area contributed by atoms with Gasteiger partial charge in [-0.1, -0.05) is 0 Å². The lowest BCUT2D eigenvalue weighted by atomic mass is 10.2. The van der Waals surface area contributed by atoms with Crippen LogP contribution in [0.25, 0.3) is 0 Å². The lowest BCUT2D eigenvalue weighted by Crippen LogP contribution is -2.36. The highest BCUT2D eigenvalue weighted by molar-refractivity contribution is 9.10. The number of sulfonamides is 1. The van der Waals surface area contributed by atoms with Gasteiger partial charge >= 0.3 is 0 Å². The van der Waals surface area contributed by atoms with Gasteiger partial charge in [-0.15, -0.1) is 0 Å². The van der Waals surface area contributed by atoms with Crippen LogP contribution in [0.15, 0.2) is 51.8 Å². The summed E-state index contributed by atoms with van der Waals surface area (Å²) >= 11 is 3.34. The summed E-state index contributed by atoms with van der Waals surface area (Å²) in [4.78, 5) is 15.1. The molecule has 2 aromatic rings. The maximum absolute atomic E-state index is 12.8. The van der Waals surface area contributed by atoms with Gasteiger partial charge in [-0.3, -0.25) is 4.79 Å². The van der Waals surface area contributed by atoms with Gasteiger partial charge in [0.15, 0.2) is 0 Å². The molecule has 1 saturated carbocycles. The van der Waals surface area contributed by atoms with E-state index in [9.17, 15) is 13.2 Å². The van der Waals surface area contributed by atoms with Gasteiger partial charge in [0.05, 0.1) is 23.7 Å². The van der Waals surface area contributed by atoms with Crippen molar-refractivity contribution in [2.24, 2.45) is 0 Å². The first-order valence-electron chi connectivity index (χ1n) is 9.48. The van der Waals surface area contributed by atoms with Crippen molar-refractivity contribution in [2.45, 2.75) is 23.8 Å². The second-order valence-corrected chi connectivity index (χ2v) is 9.71. The molecule has 29 heavy (non-hydrogen) atoms. The number of nitrogens with zero attached hydrogens (tertiary/aromatic N) is 1. The molecule has 4 rings (SSSR count). The van der Waals surface area contributed by atoms with Crippen LogP contribution in [0.2, 0.25) is 0 Å². The molecule has 2 fully saturated rings. The molecule has 1 amide bonds. The standard InChI is InChI=1S/C20H22BrN3O4S/c21-19-8-7-17(29(26,27)23-15-1-2-15)13-18(19)20(25)22-14-3-5-16(6-4-14)24-9-11-28-12-10-24/h3-8,13,15,23H,1-2,9-12H2,(H,22,25). The molecular weight excluding hydrogens is 458 g/mol. The van der Waals surface area contributed by atoms with Crippen LogP contribution < -0.4 is 14.9 Å². The molecule has 0 atom stereocenters. The fourth-order valence-corrected chi connectivity index (χ4v) is 4.87. The normalized spacial score (nSPS) is 17.2. The largest absolute Gasteiger partial charge is 0.378 e. The summed E-state index contributed by atoms with van der Waals surface area (Å²) < 4.78 is 33.4. The van der Waals surface area contributed by atoms with E-state index in [1.807, 2.05) is 24.3 Å². The molecule has 0 aromatic heterocycles. The van der Waals surface area contributed by atoms with E-state index in [0.717, 1.165) is 31.6 Å². The molecule has 2 aliphatic rings. The first-order valence-corrected chi connectivity index (χ1v) is 11.8. The number of anilines is 2. The SMILES string of the molecule is O=C(Nc1ccc(N2CCOCC2)cc1)c1cc(S(=O)(=O)NC2CC2)ccc1Br. The summed E-state index contributed by atoms with van der Waals surface area (Å²) in [5.41, 5.74) is 1.98. The Hall–Kier alpha value is -1.94.